The Morgan fingerprint density at radius 1 is 1.28 bits per heavy atom. The lowest BCUT2D eigenvalue weighted by atomic mass is 10.1. The number of amides is 1. The number of guanidine groups is 1. The van der Waals surface area contributed by atoms with Crippen LogP contribution in [0.25, 0.3) is 0 Å². The van der Waals surface area contributed by atoms with E-state index < -0.39 is 0 Å². The van der Waals surface area contributed by atoms with Gasteiger partial charge in [0.05, 0.1) is 7.11 Å². The molecule has 7 heteroatoms. The first kappa shape index (κ1) is 23.8. The fourth-order valence-electron chi connectivity index (χ4n) is 4.24. The third-order valence-electron chi connectivity index (χ3n) is 5.95. The van der Waals surface area contributed by atoms with Gasteiger partial charge in [-0.2, -0.15) is 0 Å². The number of nitrogens with zero attached hydrogens (tertiary/aromatic N) is 2. The molecule has 2 aliphatic rings. The van der Waals surface area contributed by atoms with Crippen LogP contribution in [0.15, 0.2) is 23.2 Å². The summed E-state index contributed by atoms with van der Waals surface area (Å²) in [6, 6.07) is 6.60. The lowest BCUT2D eigenvalue weighted by Crippen LogP contribution is -2.45. The summed E-state index contributed by atoms with van der Waals surface area (Å²) in [7, 11) is 3.50. The Morgan fingerprint density at radius 3 is 2.72 bits per heavy atom. The van der Waals surface area contributed by atoms with Crippen LogP contribution in [0.4, 0.5) is 0 Å². The van der Waals surface area contributed by atoms with Gasteiger partial charge in [-0.1, -0.05) is 25.0 Å². The van der Waals surface area contributed by atoms with Crippen molar-refractivity contribution in [3.8, 4) is 5.75 Å². The quantitative estimate of drug-likeness (QED) is 0.348. The van der Waals surface area contributed by atoms with Crippen LogP contribution in [-0.4, -0.2) is 56.6 Å². The van der Waals surface area contributed by atoms with Gasteiger partial charge in [0.15, 0.2) is 5.96 Å². The summed E-state index contributed by atoms with van der Waals surface area (Å²) in [4.78, 5) is 19.0. The molecule has 0 bridgehead atoms. The Balaban J connectivity index is 0.00000300. The number of benzene rings is 1. The Kier molecular flexibility index (Phi) is 9.52. The van der Waals surface area contributed by atoms with Crippen LogP contribution in [0, 0.1) is 12.8 Å². The predicted molar refractivity (Wildman–Crippen MR) is 128 cm³/mol. The van der Waals surface area contributed by atoms with Crippen molar-refractivity contribution in [2.45, 2.75) is 51.5 Å². The number of ether oxygens (including phenoxy) is 1. The zero-order valence-electron chi connectivity index (χ0n) is 17.9. The fourth-order valence-corrected chi connectivity index (χ4v) is 4.24. The summed E-state index contributed by atoms with van der Waals surface area (Å²) >= 11 is 0. The highest BCUT2D eigenvalue weighted by Crippen LogP contribution is 2.27. The van der Waals surface area contributed by atoms with Gasteiger partial charge in [0.1, 0.15) is 5.75 Å². The van der Waals surface area contributed by atoms with E-state index in [1.807, 2.05) is 4.90 Å². The van der Waals surface area contributed by atoms with E-state index in [1.165, 1.54) is 18.4 Å². The number of methoxy groups -OCH3 is 1. The number of aryl methyl sites for hydroxylation is 1. The number of aliphatic imine (C=N–C) groups is 1. The molecular formula is C22H35IN4O2. The molecule has 29 heavy (non-hydrogen) atoms. The highest BCUT2D eigenvalue weighted by Gasteiger charge is 2.32. The van der Waals surface area contributed by atoms with E-state index in [2.05, 4.69) is 40.7 Å². The average Bonchev–Trinajstić information content (AvgIpc) is 3.40. The van der Waals surface area contributed by atoms with Gasteiger partial charge in [0.25, 0.3) is 0 Å². The molecule has 1 aliphatic carbocycles. The largest absolute Gasteiger partial charge is 0.496 e. The van der Waals surface area contributed by atoms with E-state index in [-0.39, 0.29) is 35.9 Å². The molecule has 0 radical (unpaired) electrons. The summed E-state index contributed by atoms with van der Waals surface area (Å²) in [5.74, 6) is 2.36. The van der Waals surface area contributed by atoms with E-state index >= 15 is 0 Å². The van der Waals surface area contributed by atoms with Crippen molar-refractivity contribution in [2.24, 2.45) is 10.9 Å². The topological polar surface area (TPSA) is 66.0 Å². The highest BCUT2D eigenvalue weighted by molar-refractivity contribution is 14.0. The van der Waals surface area contributed by atoms with E-state index in [1.54, 1.807) is 14.2 Å². The lowest BCUT2D eigenvalue weighted by molar-refractivity contribution is -0.134. The molecule has 3 rings (SSSR count). The van der Waals surface area contributed by atoms with Gasteiger partial charge < -0.3 is 20.3 Å². The van der Waals surface area contributed by atoms with E-state index in [4.69, 9.17) is 4.74 Å². The van der Waals surface area contributed by atoms with Crippen molar-refractivity contribution >= 4 is 35.8 Å². The molecule has 1 atom stereocenters. The van der Waals surface area contributed by atoms with Crippen LogP contribution < -0.4 is 15.4 Å². The number of carbonyl (C=O) groups excluding carboxylic acids is 1. The average molecular weight is 514 g/mol. The van der Waals surface area contributed by atoms with Gasteiger partial charge in [-0.05, 0) is 49.8 Å². The number of hydrogen-bond acceptors (Lipinski definition) is 3. The van der Waals surface area contributed by atoms with Crippen molar-refractivity contribution in [1.82, 2.24) is 15.5 Å². The van der Waals surface area contributed by atoms with Crippen molar-refractivity contribution in [3.05, 3.63) is 29.3 Å². The Morgan fingerprint density at radius 2 is 2.03 bits per heavy atom. The van der Waals surface area contributed by atoms with Gasteiger partial charge in [-0.15, -0.1) is 24.0 Å². The maximum atomic E-state index is 12.6. The van der Waals surface area contributed by atoms with Crippen molar-refractivity contribution in [1.29, 1.82) is 0 Å². The Hall–Kier alpha value is -1.51. The molecule has 1 amide bonds. The summed E-state index contributed by atoms with van der Waals surface area (Å²) in [5.41, 5.74) is 2.38. The molecule has 0 spiro atoms. The molecule has 6 nitrogen and oxygen atoms in total. The second-order valence-electron chi connectivity index (χ2n) is 7.95. The molecule has 1 aromatic carbocycles. The minimum Gasteiger partial charge on any atom is -0.496 e. The molecule has 162 valence electrons. The van der Waals surface area contributed by atoms with Crippen molar-refractivity contribution in [3.63, 3.8) is 0 Å². The normalized spacial score (nSPS) is 19.8. The van der Waals surface area contributed by atoms with Gasteiger partial charge >= 0.3 is 0 Å². The van der Waals surface area contributed by atoms with Crippen LogP contribution in [0.2, 0.25) is 0 Å². The second-order valence-corrected chi connectivity index (χ2v) is 7.95. The first-order chi connectivity index (χ1) is 13.6. The van der Waals surface area contributed by atoms with Gasteiger partial charge in [-0.3, -0.25) is 9.79 Å². The van der Waals surface area contributed by atoms with Gasteiger partial charge in [0.2, 0.25) is 5.91 Å². The molecule has 2 fully saturated rings. The lowest BCUT2D eigenvalue weighted by Gasteiger charge is -2.21. The van der Waals surface area contributed by atoms with E-state index in [0.29, 0.717) is 5.91 Å². The molecule has 1 saturated heterocycles. The third kappa shape index (κ3) is 6.49. The Labute approximate surface area is 191 Å². The first-order valence-electron chi connectivity index (χ1n) is 10.5. The zero-order chi connectivity index (χ0) is 19.9. The predicted octanol–water partition coefficient (Wildman–Crippen LogP) is 3.12. The van der Waals surface area contributed by atoms with Crippen LogP contribution >= 0.6 is 24.0 Å². The van der Waals surface area contributed by atoms with Crippen molar-refractivity contribution in [2.75, 3.05) is 33.8 Å². The number of carbonyl (C=O) groups is 1. The summed E-state index contributed by atoms with van der Waals surface area (Å²) in [5, 5.41) is 6.87. The first-order valence-corrected chi connectivity index (χ1v) is 10.5. The number of rotatable bonds is 6. The summed E-state index contributed by atoms with van der Waals surface area (Å²) in [6.45, 7) is 4.48. The SMILES string of the molecule is CN=C(NCCc1ccc(C)c(OC)c1)NC1CCN(C(=O)C2CCCC2)C1.I. The summed E-state index contributed by atoms with van der Waals surface area (Å²) < 4.78 is 5.40. The maximum absolute atomic E-state index is 12.6. The Bertz CT molecular complexity index is 704. The van der Waals surface area contributed by atoms with Crippen LogP contribution in [0.1, 0.15) is 43.2 Å². The van der Waals surface area contributed by atoms with Crippen LogP contribution in [0.3, 0.4) is 0 Å². The second kappa shape index (κ2) is 11.6. The molecule has 1 heterocycles. The molecule has 1 aromatic rings. The fraction of sp³-hybridized carbons (Fsp3) is 0.636. The molecular weight excluding hydrogens is 479 g/mol. The highest BCUT2D eigenvalue weighted by atomic mass is 127. The minimum absolute atomic E-state index is 0. The monoisotopic (exact) mass is 514 g/mol. The minimum atomic E-state index is 0. The van der Waals surface area contributed by atoms with Gasteiger partial charge in [0, 0.05) is 38.6 Å². The number of nitrogens with one attached hydrogen (secondary N) is 2. The van der Waals surface area contributed by atoms with Gasteiger partial charge in [-0.25, -0.2) is 0 Å². The molecule has 2 N–H and O–H groups in total. The van der Waals surface area contributed by atoms with E-state index in [9.17, 15) is 4.79 Å². The number of halogens is 1. The molecule has 1 saturated carbocycles. The number of likely N-dealkylation sites (tertiary alicyclic amines) is 1. The smallest absolute Gasteiger partial charge is 0.225 e. The number of hydrogen-bond donors (Lipinski definition) is 2. The standard InChI is InChI=1S/C22H34N4O2.HI/c1-16-8-9-17(14-20(16)28-3)10-12-24-22(23-2)25-19-11-13-26(15-19)21(27)18-6-4-5-7-18;/h8-9,14,18-19H,4-7,10-13,15H2,1-3H3,(H2,23,24,25);1H. The third-order valence-corrected chi connectivity index (χ3v) is 5.95. The zero-order valence-corrected chi connectivity index (χ0v) is 20.2. The maximum Gasteiger partial charge on any atom is 0.225 e. The van der Waals surface area contributed by atoms with E-state index in [0.717, 1.165) is 62.6 Å². The molecule has 1 aliphatic heterocycles. The van der Waals surface area contributed by atoms with Crippen LogP contribution in [0.5, 0.6) is 5.75 Å². The van der Waals surface area contributed by atoms with Crippen LogP contribution in [-0.2, 0) is 11.2 Å². The summed E-state index contributed by atoms with van der Waals surface area (Å²) in [6.07, 6.45) is 6.42. The molecule has 0 aromatic heterocycles. The molecule has 1 unspecified atom stereocenters. The van der Waals surface area contributed by atoms with Crippen molar-refractivity contribution < 1.29 is 9.53 Å².